The molecule has 4 rings (SSSR count). The molecule has 0 saturated carbocycles. The largest absolute Gasteiger partial charge is 0.504 e. The molecule has 3 aromatic rings. The number of phenolic OH excluding ortho intramolecular Hbond substituents is 2. The summed E-state index contributed by atoms with van der Waals surface area (Å²) in [5, 5.41) is 50.8. The number of rotatable bonds is 12. The van der Waals surface area contributed by atoms with Crippen LogP contribution >= 0.6 is 0 Å². The molecule has 0 radical (unpaired) electrons. The zero-order valence-corrected chi connectivity index (χ0v) is 22.7. The molecule has 1 heterocycles. The maximum atomic E-state index is 10.9. The van der Waals surface area contributed by atoms with Gasteiger partial charge in [-0.1, -0.05) is 18.2 Å². The van der Waals surface area contributed by atoms with Gasteiger partial charge in [0.2, 0.25) is 0 Å². The first kappa shape index (κ1) is 29.3. The first-order valence-electron chi connectivity index (χ1n) is 12.9. The van der Waals surface area contributed by atoms with Crippen LogP contribution in [-0.4, -0.2) is 72.8 Å². The van der Waals surface area contributed by atoms with Gasteiger partial charge in [-0.2, -0.15) is 0 Å². The number of aliphatic hydroxyl groups is 3. The molecule has 3 aromatic carbocycles. The number of ether oxygens (including phenoxy) is 5. The van der Waals surface area contributed by atoms with Gasteiger partial charge in [0.05, 0.1) is 40.6 Å². The quantitative estimate of drug-likeness (QED) is 0.225. The van der Waals surface area contributed by atoms with Crippen molar-refractivity contribution in [2.75, 3.05) is 41.2 Å². The highest BCUT2D eigenvalue weighted by Crippen LogP contribution is 2.42. The second kappa shape index (κ2) is 13.1. The Kier molecular flexibility index (Phi) is 9.59. The van der Waals surface area contributed by atoms with Gasteiger partial charge in [-0.15, -0.1) is 0 Å². The van der Waals surface area contributed by atoms with E-state index in [0.29, 0.717) is 35.8 Å². The van der Waals surface area contributed by atoms with Crippen LogP contribution in [-0.2, 0) is 11.2 Å². The van der Waals surface area contributed by atoms with E-state index in [-0.39, 0.29) is 41.8 Å². The van der Waals surface area contributed by atoms with Crippen molar-refractivity contribution in [3.8, 4) is 34.5 Å². The molecule has 0 aromatic heterocycles. The topological polar surface area (TPSA) is 147 Å². The molecule has 10 heteroatoms. The molecule has 0 aliphatic carbocycles. The second-order valence-electron chi connectivity index (χ2n) is 9.70. The van der Waals surface area contributed by atoms with E-state index in [1.54, 1.807) is 24.3 Å². The van der Waals surface area contributed by atoms with Crippen molar-refractivity contribution < 1.29 is 49.2 Å². The van der Waals surface area contributed by atoms with E-state index in [4.69, 9.17) is 23.7 Å². The van der Waals surface area contributed by atoms with Crippen LogP contribution in [0.2, 0.25) is 0 Å². The molecule has 0 bridgehead atoms. The van der Waals surface area contributed by atoms with Crippen LogP contribution in [0.4, 0.5) is 0 Å². The number of phenols is 2. The lowest BCUT2D eigenvalue weighted by atomic mass is 9.84. The second-order valence-corrected chi connectivity index (χ2v) is 9.70. The summed E-state index contributed by atoms with van der Waals surface area (Å²) in [6.45, 7) is -0.111. The van der Waals surface area contributed by atoms with E-state index in [1.807, 2.05) is 12.1 Å². The lowest BCUT2D eigenvalue weighted by Gasteiger charge is -2.25. The average Bonchev–Trinajstić information content (AvgIpc) is 3.38. The highest BCUT2D eigenvalue weighted by atomic mass is 16.5. The molecule has 0 unspecified atom stereocenters. The lowest BCUT2D eigenvalue weighted by molar-refractivity contribution is -0.000527. The highest BCUT2D eigenvalue weighted by Gasteiger charge is 2.38. The first-order chi connectivity index (χ1) is 19.3. The summed E-state index contributed by atoms with van der Waals surface area (Å²) in [6, 6.07) is 14.9. The van der Waals surface area contributed by atoms with Crippen LogP contribution < -0.4 is 18.9 Å². The minimum Gasteiger partial charge on any atom is -0.504 e. The summed E-state index contributed by atoms with van der Waals surface area (Å²) in [7, 11) is 4.39. The van der Waals surface area contributed by atoms with Crippen molar-refractivity contribution >= 4 is 0 Å². The lowest BCUT2D eigenvalue weighted by Crippen LogP contribution is -2.29. The van der Waals surface area contributed by atoms with E-state index in [0.717, 1.165) is 11.1 Å². The van der Waals surface area contributed by atoms with Crippen LogP contribution in [0.25, 0.3) is 0 Å². The van der Waals surface area contributed by atoms with Crippen LogP contribution in [0.5, 0.6) is 34.5 Å². The average molecular weight is 557 g/mol. The molecular weight excluding hydrogens is 520 g/mol. The van der Waals surface area contributed by atoms with E-state index >= 15 is 0 Å². The fourth-order valence-corrected chi connectivity index (χ4v) is 5.09. The molecule has 1 aliphatic rings. The van der Waals surface area contributed by atoms with Crippen molar-refractivity contribution in [2.24, 2.45) is 11.8 Å². The van der Waals surface area contributed by atoms with Crippen molar-refractivity contribution in [3.63, 3.8) is 0 Å². The Morgan fingerprint density at radius 2 is 1.50 bits per heavy atom. The number of hydrogen-bond donors (Lipinski definition) is 5. The Hall–Kier alpha value is -3.70. The molecule has 216 valence electrons. The van der Waals surface area contributed by atoms with Gasteiger partial charge in [-0.25, -0.2) is 0 Å². The predicted molar refractivity (Wildman–Crippen MR) is 145 cm³/mol. The summed E-state index contributed by atoms with van der Waals surface area (Å²) in [4.78, 5) is 0. The van der Waals surface area contributed by atoms with Crippen molar-refractivity contribution in [1.29, 1.82) is 0 Å². The maximum absolute atomic E-state index is 10.9. The van der Waals surface area contributed by atoms with Crippen LogP contribution in [0.1, 0.15) is 28.9 Å². The minimum atomic E-state index is -1.21. The zero-order valence-electron chi connectivity index (χ0n) is 22.7. The highest BCUT2D eigenvalue weighted by molar-refractivity contribution is 5.45. The smallest absolute Gasteiger partial charge is 0.161 e. The molecule has 5 atom stereocenters. The van der Waals surface area contributed by atoms with Gasteiger partial charge in [0.15, 0.2) is 40.6 Å². The van der Waals surface area contributed by atoms with Gasteiger partial charge < -0.3 is 49.2 Å². The molecule has 5 N–H and O–H groups in total. The number of benzene rings is 3. The molecule has 10 nitrogen and oxygen atoms in total. The summed E-state index contributed by atoms with van der Waals surface area (Å²) < 4.78 is 27.9. The Balaban J connectivity index is 1.48. The van der Waals surface area contributed by atoms with Gasteiger partial charge >= 0.3 is 0 Å². The summed E-state index contributed by atoms with van der Waals surface area (Å²) in [5.41, 5.74) is 2.16. The standard InChI is InChI=1S/C30H36O10/c1-36-25-12-18(5-7-22(25)33)29(35)28(15-32)40-24-9-4-17(11-27(24)38-3)10-20-16-39-30(21(20)14-31)19-6-8-23(34)26(13-19)37-2/h4-9,11-13,20-21,28-35H,10,14-16H2,1-3H3/t20-,21-,28+,29-,30+/m0/s1. The van der Waals surface area contributed by atoms with Crippen LogP contribution in [0.15, 0.2) is 54.6 Å². The predicted octanol–water partition coefficient (Wildman–Crippen LogP) is 3.14. The zero-order chi connectivity index (χ0) is 28.8. The van der Waals surface area contributed by atoms with Gasteiger partial charge in [-0.3, -0.25) is 0 Å². The van der Waals surface area contributed by atoms with Crippen molar-refractivity contribution in [2.45, 2.75) is 24.7 Å². The number of methoxy groups -OCH3 is 3. The Morgan fingerprint density at radius 3 is 2.15 bits per heavy atom. The van der Waals surface area contributed by atoms with E-state index in [1.165, 1.54) is 39.5 Å². The van der Waals surface area contributed by atoms with Gasteiger partial charge in [0.1, 0.15) is 6.10 Å². The van der Waals surface area contributed by atoms with Crippen molar-refractivity contribution in [1.82, 2.24) is 0 Å². The normalized spacial score (nSPS) is 20.1. The Morgan fingerprint density at radius 1 is 0.825 bits per heavy atom. The monoisotopic (exact) mass is 556 g/mol. The van der Waals surface area contributed by atoms with Crippen molar-refractivity contribution in [3.05, 3.63) is 71.3 Å². The van der Waals surface area contributed by atoms with Crippen LogP contribution in [0, 0.1) is 11.8 Å². The fraction of sp³-hybridized carbons (Fsp3) is 0.400. The van der Waals surface area contributed by atoms with Gasteiger partial charge in [0.25, 0.3) is 0 Å². The third-order valence-corrected chi connectivity index (χ3v) is 7.31. The molecule has 40 heavy (non-hydrogen) atoms. The molecule has 1 fully saturated rings. The third-order valence-electron chi connectivity index (χ3n) is 7.31. The SMILES string of the molecule is COc1cc([C@H]2OC[C@H](Cc3ccc(O[C@H](CO)[C@@H](O)c4ccc(O)c(OC)c4)c(OC)c3)[C@@H]2CO)ccc1O. The van der Waals surface area contributed by atoms with E-state index in [9.17, 15) is 25.5 Å². The summed E-state index contributed by atoms with van der Waals surface area (Å²) >= 11 is 0. The Bertz CT molecular complexity index is 1280. The summed E-state index contributed by atoms with van der Waals surface area (Å²) in [6.07, 6.45) is -1.97. The van der Waals surface area contributed by atoms with E-state index in [2.05, 4.69) is 0 Å². The number of aromatic hydroxyl groups is 2. The molecule has 1 aliphatic heterocycles. The van der Waals surface area contributed by atoms with Gasteiger partial charge in [0, 0.05) is 12.5 Å². The maximum Gasteiger partial charge on any atom is 0.161 e. The molecular formula is C30H36O10. The third kappa shape index (κ3) is 6.20. The number of hydrogen-bond acceptors (Lipinski definition) is 10. The van der Waals surface area contributed by atoms with Gasteiger partial charge in [-0.05, 0) is 65.4 Å². The fourth-order valence-electron chi connectivity index (χ4n) is 5.09. The summed E-state index contributed by atoms with van der Waals surface area (Å²) in [5.74, 6) is 1.11. The molecule has 0 spiro atoms. The first-order valence-corrected chi connectivity index (χ1v) is 12.9. The Labute approximate surface area is 232 Å². The molecule has 1 saturated heterocycles. The van der Waals surface area contributed by atoms with Crippen LogP contribution in [0.3, 0.4) is 0 Å². The van der Waals surface area contributed by atoms with E-state index < -0.39 is 18.8 Å². The number of aliphatic hydroxyl groups excluding tert-OH is 3. The minimum absolute atomic E-state index is 0.0164. The molecule has 0 amide bonds.